The second kappa shape index (κ2) is 22.4. The first-order chi connectivity index (χ1) is 19.3. The molecule has 0 radical (unpaired) electrons. The molecular formula is C37H72P2. The predicted octanol–water partition coefficient (Wildman–Crippen LogP) is 13.8. The first-order valence-electron chi connectivity index (χ1n) is 18.8. The molecule has 0 N–H and O–H groups in total. The van der Waals surface area contributed by atoms with Gasteiger partial charge in [-0.2, -0.15) is 0 Å². The quantitative estimate of drug-likeness (QED) is 0.134. The lowest BCUT2D eigenvalue weighted by Crippen LogP contribution is -2.22. The molecule has 0 aromatic rings. The molecule has 4 aliphatic rings. The highest BCUT2D eigenvalue weighted by molar-refractivity contribution is 7.59. The summed E-state index contributed by atoms with van der Waals surface area (Å²) in [6.45, 7) is 4.25. The third-order valence-electron chi connectivity index (χ3n) is 10.8. The van der Waals surface area contributed by atoms with E-state index in [9.17, 15) is 0 Å². The van der Waals surface area contributed by atoms with Gasteiger partial charge in [0, 0.05) is 0 Å². The van der Waals surface area contributed by atoms with E-state index in [0.717, 1.165) is 0 Å². The molecule has 0 nitrogen and oxygen atoms in total. The van der Waals surface area contributed by atoms with Gasteiger partial charge in [-0.05, 0) is 99.2 Å². The van der Waals surface area contributed by atoms with E-state index in [1.165, 1.54) is 80.4 Å². The van der Waals surface area contributed by atoms with Gasteiger partial charge >= 0.3 is 0 Å². The molecule has 4 aliphatic carbocycles. The number of hydrogen-bond acceptors (Lipinski definition) is 0. The summed E-state index contributed by atoms with van der Waals surface area (Å²) in [7, 11) is 0.708. The summed E-state index contributed by atoms with van der Waals surface area (Å²) in [4.78, 5) is 0. The van der Waals surface area contributed by atoms with Crippen molar-refractivity contribution in [1.29, 1.82) is 0 Å². The van der Waals surface area contributed by atoms with Crippen molar-refractivity contribution < 1.29 is 0 Å². The lowest BCUT2D eigenvalue weighted by molar-refractivity contribution is 0.482. The molecule has 0 aromatic heterocycles. The Morgan fingerprint density at radius 2 is 0.538 bits per heavy atom. The molecule has 4 rings (SSSR count). The molecular weight excluding hydrogens is 506 g/mol. The average Bonchev–Trinajstić information content (AvgIpc) is 3.00. The van der Waals surface area contributed by atoms with Crippen LogP contribution in [-0.2, 0) is 0 Å². The second-order valence-corrected chi connectivity index (χ2v) is 20.1. The Hall–Kier alpha value is 0.860. The van der Waals surface area contributed by atoms with Gasteiger partial charge in [0.1, 0.15) is 0 Å². The third kappa shape index (κ3) is 13.8. The topological polar surface area (TPSA) is 0 Å². The minimum absolute atomic E-state index is 0.354. The summed E-state index contributed by atoms with van der Waals surface area (Å²) in [5.41, 5.74) is 4.68. The van der Waals surface area contributed by atoms with Gasteiger partial charge in [0.2, 0.25) is 0 Å². The molecule has 0 aromatic carbocycles. The van der Waals surface area contributed by atoms with Gasteiger partial charge in [-0.1, -0.05) is 136 Å². The van der Waals surface area contributed by atoms with Crippen molar-refractivity contribution in [3.8, 4) is 0 Å². The van der Waals surface area contributed by atoms with Crippen LogP contribution in [0.1, 0.15) is 200 Å². The second-order valence-electron chi connectivity index (χ2n) is 14.2. The summed E-state index contributed by atoms with van der Waals surface area (Å²) in [5, 5.41) is 0. The Morgan fingerprint density at radius 1 is 0.333 bits per heavy atom. The van der Waals surface area contributed by atoms with E-state index in [0.29, 0.717) is 15.8 Å². The summed E-state index contributed by atoms with van der Waals surface area (Å²) < 4.78 is 0. The van der Waals surface area contributed by atoms with Crippen molar-refractivity contribution in [2.24, 2.45) is 0 Å². The van der Waals surface area contributed by atoms with Crippen LogP contribution in [0.5, 0.6) is 0 Å². The molecule has 0 aliphatic heterocycles. The third-order valence-corrected chi connectivity index (χ3v) is 18.2. The van der Waals surface area contributed by atoms with Crippen LogP contribution in [0.2, 0.25) is 0 Å². The maximum Gasteiger partial charge on any atom is -0.0207 e. The predicted molar refractivity (Wildman–Crippen MR) is 184 cm³/mol. The van der Waals surface area contributed by atoms with E-state index < -0.39 is 0 Å². The van der Waals surface area contributed by atoms with Crippen molar-refractivity contribution in [3.63, 3.8) is 0 Å². The largest absolute Gasteiger partial charge is 0.100 e. The van der Waals surface area contributed by atoms with Gasteiger partial charge < -0.3 is 0 Å². The van der Waals surface area contributed by atoms with Crippen LogP contribution in [0.4, 0.5) is 0 Å². The molecule has 0 amide bonds. The highest BCUT2D eigenvalue weighted by Gasteiger charge is 2.31. The Labute approximate surface area is 250 Å². The van der Waals surface area contributed by atoms with Crippen molar-refractivity contribution in [1.82, 2.24) is 0 Å². The molecule has 0 atom stereocenters. The molecule has 0 spiro atoms. The molecule has 0 saturated heterocycles. The number of unbranched alkanes of at least 4 members (excludes halogenated alkanes) is 7. The molecule has 4 saturated carbocycles. The lowest BCUT2D eigenvalue weighted by Gasteiger charge is -2.38. The van der Waals surface area contributed by atoms with Crippen LogP contribution in [0.25, 0.3) is 0 Å². The van der Waals surface area contributed by atoms with E-state index in [-0.39, 0.29) is 0 Å². The Kier molecular flexibility index (Phi) is 19.7. The fourth-order valence-electron chi connectivity index (χ4n) is 8.63. The maximum atomic E-state index is 2.12. The summed E-state index contributed by atoms with van der Waals surface area (Å²) in [6, 6.07) is 0. The van der Waals surface area contributed by atoms with E-state index in [1.54, 1.807) is 141 Å². The van der Waals surface area contributed by atoms with Crippen LogP contribution >= 0.6 is 15.8 Å². The zero-order valence-electron chi connectivity index (χ0n) is 27.1. The fourth-order valence-corrected chi connectivity index (χ4v) is 16.6. The molecule has 0 heterocycles. The molecule has 39 heavy (non-hydrogen) atoms. The van der Waals surface area contributed by atoms with Gasteiger partial charge in [-0.15, -0.1) is 15.8 Å². The fraction of sp³-hybridized carbons (Fsp3) is 1.00. The van der Waals surface area contributed by atoms with E-state index >= 15 is 0 Å². The van der Waals surface area contributed by atoms with Crippen molar-refractivity contribution >= 4 is 15.8 Å². The SMILES string of the molecule is C(CCCCCP(C1CCCCC1)C1CCCCC1)CCCCP(C1CCCCC1)C1CCCCC1.CCC. The van der Waals surface area contributed by atoms with Crippen LogP contribution in [0.15, 0.2) is 0 Å². The van der Waals surface area contributed by atoms with Gasteiger partial charge in [0.25, 0.3) is 0 Å². The molecule has 2 heteroatoms. The standard InChI is InChI=1S/C34H64P2.C3H8/c1(3-5-19-29-35(31-21-11-7-12-22-31)32-23-13-8-14-24-32)2-4-6-20-30-36(33-25-15-9-16-26-33)34-27-17-10-18-28-34;1-3-2/h31-34H,1-30H2;3H2,1-2H3. The van der Waals surface area contributed by atoms with Crippen LogP contribution in [0, 0.1) is 0 Å². The summed E-state index contributed by atoms with van der Waals surface area (Å²) in [5.74, 6) is 0. The van der Waals surface area contributed by atoms with Gasteiger partial charge in [0.15, 0.2) is 0 Å². The molecule has 0 bridgehead atoms. The van der Waals surface area contributed by atoms with Gasteiger partial charge in [0.05, 0.1) is 0 Å². The minimum atomic E-state index is 0.354. The molecule has 4 fully saturated rings. The van der Waals surface area contributed by atoms with Gasteiger partial charge in [-0.25, -0.2) is 0 Å². The molecule has 0 unspecified atom stereocenters. The first kappa shape index (κ1) is 34.4. The summed E-state index contributed by atoms with van der Waals surface area (Å²) in [6.07, 6.45) is 48.3. The molecule has 230 valence electrons. The highest BCUT2D eigenvalue weighted by Crippen LogP contribution is 2.57. The van der Waals surface area contributed by atoms with E-state index in [2.05, 4.69) is 13.8 Å². The van der Waals surface area contributed by atoms with Crippen LogP contribution < -0.4 is 0 Å². The average molecular weight is 579 g/mol. The van der Waals surface area contributed by atoms with Crippen molar-refractivity contribution in [2.45, 2.75) is 223 Å². The highest BCUT2D eigenvalue weighted by atomic mass is 31.1. The lowest BCUT2D eigenvalue weighted by atomic mass is 9.99. The zero-order chi connectivity index (χ0) is 27.4. The van der Waals surface area contributed by atoms with Crippen LogP contribution in [-0.4, -0.2) is 35.0 Å². The Morgan fingerprint density at radius 3 is 0.769 bits per heavy atom. The monoisotopic (exact) mass is 579 g/mol. The van der Waals surface area contributed by atoms with Crippen molar-refractivity contribution in [3.05, 3.63) is 0 Å². The van der Waals surface area contributed by atoms with E-state index in [4.69, 9.17) is 0 Å². The number of hydrogen-bond donors (Lipinski definition) is 0. The normalized spacial score (nSPS) is 22.8. The minimum Gasteiger partial charge on any atom is -0.100 e. The maximum absolute atomic E-state index is 2.12. The van der Waals surface area contributed by atoms with Crippen LogP contribution in [0.3, 0.4) is 0 Å². The van der Waals surface area contributed by atoms with Crippen molar-refractivity contribution in [2.75, 3.05) is 12.3 Å². The first-order valence-corrected chi connectivity index (χ1v) is 22.2. The smallest absolute Gasteiger partial charge is 0.0207 e. The van der Waals surface area contributed by atoms with Gasteiger partial charge in [-0.3, -0.25) is 0 Å². The summed E-state index contributed by atoms with van der Waals surface area (Å²) >= 11 is 0. The number of rotatable bonds is 15. The van der Waals surface area contributed by atoms with E-state index in [1.807, 2.05) is 0 Å². The Balaban J connectivity index is 0.00000134. The Bertz CT molecular complexity index is 454. The zero-order valence-corrected chi connectivity index (χ0v) is 28.9.